The summed E-state index contributed by atoms with van der Waals surface area (Å²) >= 11 is 0. The van der Waals surface area contributed by atoms with E-state index < -0.39 is 0 Å². The first-order valence-corrected chi connectivity index (χ1v) is 7.13. The molecular formula is C15H26N4. The fourth-order valence-electron chi connectivity index (χ4n) is 2.31. The van der Waals surface area contributed by atoms with E-state index in [0.717, 1.165) is 26.2 Å². The van der Waals surface area contributed by atoms with Gasteiger partial charge in [-0.05, 0) is 30.5 Å². The van der Waals surface area contributed by atoms with Gasteiger partial charge in [-0.15, -0.1) is 0 Å². The maximum Gasteiger partial charge on any atom is 0.123 e. The van der Waals surface area contributed by atoms with Crippen LogP contribution in [0.1, 0.15) is 27.2 Å². The fraction of sp³-hybridized carbons (Fsp3) is 0.667. The van der Waals surface area contributed by atoms with E-state index >= 15 is 0 Å². The molecule has 106 valence electrons. The molecule has 1 aliphatic rings. The highest BCUT2D eigenvalue weighted by molar-refractivity contribution is 5.48. The number of nitrogens with two attached hydrogens (primary N) is 1. The van der Waals surface area contributed by atoms with Crippen LogP contribution in [0.5, 0.6) is 0 Å². The Hall–Kier alpha value is -1.29. The topological polar surface area (TPSA) is 45.4 Å². The standard InChI is InChI=1S/C15H26N4/c1-15(2,3)6-7-18-8-10-19(11-9-18)13-4-5-14(16)17-12-13/h4-5,12H,6-11H2,1-3H3,(H2,16,17). The molecule has 4 nitrogen and oxygen atoms in total. The number of nitrogens with zero attached hydrogens (tertiary/aromatic N) is 3. The second-order valence-corrected chi connectivity index (χ2v) is 6.58. The van der Waals surface area contributed by atoms with Gasteiger partial charge in [0.1, 0.15) is 5.82 Å². The number of anilines is 2. The quantitative estimate of drug-likeness (QED) is 0.907. The normalized spacial score (nSPS) is 17.7. The van der Waals surface area contributed by atoms with Crippen LogP contribution in [0.2, 0.25) is 0 Å². The average molecular weight is 262 g/mol. The Morgan fingerprint density at radius 1 is 1.16 bits per heavy atom. The number of piperazine rings is 1. The first-order chi connectivity index (χ1) is 8.94. The zero-order valence-electron chi connectivity index (χ0n) is 12.4. The number of rotatable bonds is 3. The molecule has 1 aromatic rings. The van der Waals surface area contributed by atoms with Crippen molar-refractivity contribution in [2.24, 2.45) is 5.41 Å². The van der Waals surface area contributed by atoms with E-state index in [1.165, 1.54) is 18.7 Å². The van der Waals surface area contributed by atoms with Gasteiger partial charge in [-0.1, -0.05) is 20.8 Å². The molecule has 1 saturated heterocycles. The summed E-state index contributed by atoms with van der Waals surface area (Å²) < 4.78 is 0. The van der Waals surface area contributed by atoms with Gasteiger partial charge in [0.2, 0.25) is 0 Å². The highest BCUT2D eigenvalue weighted by Crippen LogP contribution is 2.20. The van der Waals surface area contributed by atoms with Gasteiger partial charge < -0.3 is 10.6 Å². The molecule has 19 heavy (non-hydrogen) atoms. The third-order valence-electron chi connectivity index (χ3n) is 3.69. The zero-order chi connectivity index (χ0) is 13.9. The summed E-state index contributed by atoms with van der Waals surface area (Å²) in [5, 5.41) is 0. The number of pyridine rings is 1. The first kappa shape index (κ1) is 14.1. The van der Waals surface area contributed by atoms with E-state index in [9.17, 15) is 0 Å². The molecule has 0 aliphatic carbocycles. The Morgan fingerprint density at radius 2 is 1.84 bits per heavy atom. The fourth-order valence-corrected chi connectivity index (χ4v) is 2.31. The van der Waals surface area contributed by atoms with Crippen molar-refractivity contribution in [2.75, 3.05) is 43.4 Å². The third kappa shape index (κ3) is 4.39. The molecule has 0 spiro atoms. The predicted molar refractivity (Wildman–Crippen MR) is 81.4 cm³/mol. The van der Waals surface area contributed by atoms with E-state index in [4.69, 9.17) is 5.73 Å². The number of hydrogen-bond donors (Lipinski definition) is 1. The van der Waals surface area contributed by atoms with Crippen molar-refractivity contribution in [1.82, 2.24) is 9.88 Å². The van der Waals surface area contributed by atoms with Crippen LogP contribution in [-0.4, -0.2) is 42.6 Å². The molecule has 0 atom stereocenters. The van der Waals surface area contributed by atoms with Gasteiger partial charge >= 0.3 is 0 Å². The van der Waals surface area contributed by atoms with Gasteiger partial charge in [-0.2, -0.15) is 0 Å². The van der Waals surface area contributed by atoms with Gasteiger partial charge in [0.05, 0.1) is 11.9 Å². The van der Waals surface area contributed by atoms with Gasteiger partial charge in [0, 0.05) is 26.2 Å². The van der Waals surface area contributed by atoms with Gasteiger partial charge in [-0.25, -0.2) is 4.98 Å². The summed E-state index contributed by atoms with van der Waals surface area (Å²) in [6, 6.07) is 3.94. The van der Waals surface area contributed by atoms with E-state index in [0.29, 0.717) is 11.2 Å². The van der Waals surface area contributed by atoms with Crippen LogP contribution in [0.3, 0.4) is 0 Å². The maximum atomic E-state index is 5.62. The number of aromatic nitrogens is 1. The second-order valence-electron chi connectivity index (χ2n) is 6.58. The minimum atomic E-state index is 0.429. The smallest absolute Gasteiger partial charge is 0.123 e. The lowest BCUT2D eigenvalue weighted by atomic mass is 9.92. The Morgan fingerprint density at radius 3 is 2.37 bits per heavy atom. The van der Waals surface area contributed by atoms with Crippen LogP contribution in [0.4, 0.5) is 11.5 Å². The van der Waals surface area contributed by atoms with Crippen molar-refractivity contribution in [3.8, 4) is 0 Å². The van der Waals surface area contributed by atoms with Crippen LogP contribution in [0.25, 0.3) is 0 Å². The predicted octanol–water partition coefficient (Wildman–Crippen LogP) is 2.22. The van der Waals surface area contributed by atoms with Crippen LogP contribution >= 0.6 is 0 Å². The third-order valence-corrected chi connectivity index (χ3v) is 3.69. The molecule has 0 aromatic carbocycles. The van der Waals surface area contributed by atoms with Gasteiger partial charge in [0.15, 0.2) is 0 Å². The monoisotopic (exact) mass is 262 g/mol. The van der Waals surface area contributed by atoms with Crippen LogP contribution < -0.4 is 10.6 Å². The van der Waals surface area contributed by atoms with E-state index in [2.05, 4.69) is 41.6 Å². The molecule has 2 heterocycles. The lowest BCUT2D eigenvalue weighted by molar-refractivity contribution is 0.217. The number of hydrogen-bond acceptors (Lipinski definition) is 4. The lowest BCUT2D eigenvalue weighted by Crippen LogP contribution is -2.47. The summed E-state index contributed by atoms with van der Waals surface area (Å²) in [4.78, 5) is 9.12. The van der Waals surface area contributed by atoms with Gasteiger partial charge in [-0.3, -0.25) is 4.90 Å². The van der Waals surface area contributed by atoms with Gasteiger partial charge in [0.25, 0.3) is 0 Å². The minimum absolute atomic E-state index is 0.429. The lowest BCUT2D eigenvalue weighted by Gasteiger charge is -2.37. The van der Waals surface area contributed by atoms with E-state index in [1.807, 2.05) is 12.3 Å². The summed E-state index contributed by atoms with van der Waals surface area (Å²) in [6.07, 6.45) is 3.14. The molecule has 0 amide bonds. The summed E-state index contributed by atoms with van der Waals surface area (Å²) in [6.45, 7) is 12.6. The average Bonchev–Trinajstić information content (AvgIpc) is 2.37. The van der Waals surface area contributed by atoms with Crippen LogP contribution in [-0.2, 0) is 0 Å². The Kier molecular flexibility index (Phi) is 4.30. The molecule has 0 bridgehead atoms. The Labute approximate surface area is 116 Å². The highest BCUT2D eigenvalue weighted by Gasteiger charge is 2.19. The molecule has 0 unspecified atom stereocenters. The first-order valence-electron chi connectivity index (χ1n) is 7.13. The highest BCUT2D eigenvalue weighted by atomic mass is 15.3. The van der Waals surface area contributed by atoms with Crippen molar-refractivity contribution in [3.05, 3.63) is 18.3 Å². The molecule has 2 N–H and O–H groups in total. The van der Waals surface area contributed by atoms with E-state index in [1.54, 1.807) is 0 Å². The maximum absolute atomic E-state index is 5.62. The molecule has 1 fully saturated rings. The molecule has 0 saturated carbocycles. The van der Waals surface area contributed by atoms with Crippen molar-refractivity contribution in [1.29, 1.82) is 0 Å². The number of nitrogen functional groups attached to an aromatic ring is 1. The summed E-state index contributed by atoms with van der Waals surface area (Å²) in [5.74, 6) is 0.590. The van der Waals surface area contributed by atoms with Crippen molar-refractivity contribution >= 4 is 11.5 Å². The Balaban J connectivity index is 1.81. The van der Waals surface area contributed by atoms with Crippen molar-refractivity contribution < 1.29 is 0 Å². The Bertz CT molecular complexity index is 386. The molecule has 1 aromatic heterocycles. The molecule has 0 radical (unpaired) electrons. The minimum Gasteiger partial charge on any atom is -0.384 e. The van der Waals surface area contributed by atoms with E-state index in [-0.39, 0.29) is 0 Å². The van der Waals surface area contributed by atoms with Crippen molar-refractivity contribution in [3.63, 3.8) is 0 Å². The molecule has 4 heteroatoms. The SMILES string of the molecule is CC(C)(C)CCN1CCN(c2ccc(N)nc2)CC1. The molecular weight excluding hydrogens is 236 g/mol. The second kappa shape index (κ2) is 5.78. The van der Waals surface area contributed by atoms with Crippen LogP contribution in [0, 0.1) is 5.41 Å². The summed E-state index contributed by atoms with van der Waals surface area (Å²) in [5.41, 5.74) is 7.23. The molecule has 1 aliphatic heterocycles. The van der Waals surface area contributed by atoms with Crippen LogP contribution in [0.15, 0.2) is 18.3 Å². The zero-order valence-corrected chi connectivity index (χ0v) is 12.4. The molecule has 2 rings (SSSR count). The largest absolute Gasteiger partial charge is 0.384 e. The summed E-state index contributed by atoms with van der Waals surface area (Å²) in [7, 11) is 0. The van der Waals surface area contributed by atoms with Crippen molar-refractivity contribution in [2.45, 2.75) is 27.2 Å².